The second-order valence-corrected chi connectivity index (χ2v) is 13.2. The van der Waals surface area contributed by atoms with E-state index in [1.54, 1.807) is 12.5 Å². The summed E-state index contributed by atoms with van der Waals surface area (Å²) in [4.78, 5) is 20.5. The fraction of sp³-hybridized carbons (Fsp3) is 0.333. The van der Waals surface area contributed by atoms with Crippen LogP contribution in [0.15, 0.2) is 37.3 Å². The fourth-order valence-corrected chi connectivity index (χ4v) is 3.68. The maximum atomic E-state index is 5.87. The summed E-state index contributed by atoms with van der Waals surface area (Å²) in [5.74, 6) is 0. The van der Waals surface area contributed by atoms with Gasteiger partial charge in [0.1, 0.15) is 30.7 Å². The normalized spacial score (nSPS) is 12.3. The third kappa shape index (κ3) is 3.25. The second kappa shape index (κ2) is 6.62. The highest BCUT2D eigenvalue weighted by Gasteiger charge is 2.15. The molecule has 26 heavy (non-hydrogen) atoms. The number of aromatic amines is 1. The van der Waals surface area contributed by atoms with Gasteiger partial charge in [0.15, 0.2) is 0 Å². The van der Waals surface area contributed by atoms with Gasteiger partial charge in [0, 0.05) is 49.6 Å². The van der Waals surface area contributed by atoms with Crippen molar-refractivity contribution in [1.29, 1.82) is 0 Å². The number of nitrogens with zero attached hydrogens (tertiary/aromatic N) is 5. The number of rotatable bonds is 6. The average molecular weight is 367 g/mol. The molecule has 134 valence electrons. The molecule has 0 saturated heterocycles. The van der Waals surface area contributed by atoms with E-state index in [2.05, 4.69) is 44.6 Å². The zero-order valence-electron chi connectivity index (χ0n) is 15.2. The Kier molecular flexibility index (Phi) is 4.29. The highest BCUT2D eigenvalue weighted by molar-refractivity contribution is 6.76. The first-order valence-corrected chi connectivity index (χ1v) is 12.4. The number of hydrogen-bond donors (Lipinski definition) is 1. The molecule has 0 saturated carbocycles. The standard InChI is InChI=1S/C18H22N6OSi/c1-26(2,3)7-6-25-12-24-5-4-13-16(21-11-23-18(13)24)14-9-20-17-15(14)8-19-10-22-17/h4-5,8-11H,6-7,12H2,1-3H3,(H,19,20,22). The van der Waals surface area contributed by atoms with E-state index in [4.69, 9.17) is 4.74 Å². The van der Waals surface area contributed by atoms with E-state index < -0.39 is 8.07 Å². The number of H-pyrrole nitrogens is 1. The average Bonchev–Trinajstić information content (AvgIpc) is 3.22. The Bertz CT molecular complexity index is 1050. The van der Waals surface area contributed by atoms with E-state index in [1.807, 2.05) is 23.0 Å². The third-order valence-electron chi connectivity index (χ3n) is 4.39. The molecule has 4 rings (SSSR count). The molecule has 1 N–H and O–H groups in total. The Morgan fingerprint density at radius 1 is 1.12 bits per heavy atom. The Labute approximate surface area is 152 Å². The monoisotopic (exact) mass is 366 g/mol. The summed E-state index contributed by atoms with van der Waals surface area (Å²) in [5, 5.41) is 1.94. The van der Waals surface area contributed by atoms with Gasteiger partial charge in [0.25, 0.3) is 0 Å². The molecule has 0 fully saturated rings. The van der Waals surface area contributed by atoms with Gasteiger partial charge in [-0.1, -0.05) is 19.6 Å². The zero-order chi connectivity index (χ0) is 18.1. The third-order valence-corrected chi connectivity index (χ3v) is 6.10. The van der Waals surface area contributed by atoms with Crippen LogP contribution in [0.1, 0.15) is 0 Å². The first-order chi connectivity index (χ1) is 12.5. The minimum absolute atomic E-state index is 0.501. The maximum Gasteiger partial charge on any atom is 0.145 e. The predicted molar refractivity (Wildman–Crippen MR) is 105 cm³/mol. The molecule has 7 nitrogen and oxygen atoms in total. The van der Waals surface area contributed by atoms with E-state index in [9.17, 15) is 0 Å². The molecular weight excluding hydrogens is 344 g/mol. The van der Waals surface area contributed by atoms with Crippen molar-refractivity contribution in [3.05, 3.63) is 37.3 Å². The van der Waals surface area contributed by atoms with Gasteiger partial charge in [-0.05, 0) is 12.1 Å². The highest BCUT2D eigenvalue weighted by atomic mass is 28.3. The number of aromatic nitrogens is 6. The molecule has 8 heteroatoms. The molecule has 4 heterocycles. The van der Waals surface area contributed by atoms with E-state index in [-0.39, 0.29) is 0 Å². The van der Waals surface area contributed by atoms with Crippen molar-refractivity contribution >= 4 is 30.1 Å². The summed E-state index contributed by atoms with van der Waals surface area (Å²) in [6.07, 6.45) is 8.86. The molecule has 0 aromatic carbocycles. The number of ether oxygens (including phenoxy) is 1. The largest absolute Gasteiger partial charge is 0.361 e. The maximum absolute atomic E-state index is 5.87. The van der Waals surface area contributed by atoms with Crippen molar-refractivity contribution in [2.24, 2.45) is 0 Å². The quantitative estimate of drug-likeness (QED) is 0.416. The van der Waals surface area contributed by atoms with Crippen molar-refractivity contribution in [2.75, 3.05) is 6.61 Å². The first kappa shape index (κ1) is 16.9. The smallest absolute Gasteiger partial charge is 0.145 e. The molecule has 0 aliphatic rings. The van der Waals surface area contributed by atoms with Gasteiger partial charge in [-0.15, -0.1) is 0 Å². The second-order valence-electron chi connectivity index (χ2n) is 7.58. The van der Waals surface area contributed by atoms with Gasteiger partial charge >= 0.3 is 0 Å². The van der Waals surface area contributed by atoms with Crippen LogP contribution < -0.4 is 0 Å². The fourth-order valence-electron chi connectivity index (χ4n) is 2.92. The summed E-state index contributed by atoms with van der Waals surface area (Å²) in [6, 6.07) is 3.19. The minimum Gasteiger partial charge on any atom is -0.361 e. The minimum atomic E-state index is -1.08. The Balaban J connectivity index is 1.63. The predicted octanol–water partition coefficient (Wildman–Crippen LogP) is 3.68. The summed E-state index contributed by atoms with van der Waals surface area (Å²) >= 11 is 0. The molecule has 0 amide bonds. The Hall–Kier alpha value is -2.58. The lowest BCUT2D eigenvalue weighted by molar-refractivity contribution is 0.0899. The molecular formula is C18H22N6OSi. The molecule has 0 unspecified atom stereocenters. The molecule has 4 aromatic heterocycles. The van der Waals surface area contributed by atoms with Crippen LogP contribution in [-0.2, 0) is 11.5 Å². The van der Waals surface area contributed by atoms with Crippen molar-refractivity contribution in [3.8, 4) is 11.3 Å². The van der Waals surface area contributed by atoms with Crippen molar-refractivity contribution < 1.29 is 4.74 Å². The van der Waals surface area contributed by atoms with Gasteiger partial charge in [-0.3, -0.25) is 0 Å². The van der Waals surface area contributed by atoms with Crippen LogP contribution in [0.3, 0.4) is 0 Å². The molecule has 0 bridgehead atoms. The van der Waals surface area contributed by atoms with Gasteiger partial charge in [0.2, 0.25) is 0 Å². The molecule has 0 aliphatic heterocycles. The Morgan fingerprint density at radius 2 is 2.00 bits per heavy atom. The van der Waals surface area contributed by atoms with Crippen molar-refractivity contribution in [3.63, 3.8) is 0 Å². The van der Waals surface area contributed by atoms with E-state index in [1.165, 1.54) is 6.33 Å². The lowest BCUT2D eigenvalue weighted by Gasteiger charge is -2.15. The summed E-state index contributed by atoms with van der Waals surface area (Å²) in [6.45, 7) is 8.35. The van der Waals surface area contributed by atoms with E-state index >= 15 is 0 Å². The van der Waals surface area contributed by atoms with Gasteiger partial charge < -0.3 is 14.3 Å². The molecule has 0 aliphatic carbocycles. The van der Waals surface area contributed by atoms with Crippen LogP contribution >= 0.6 is 0 Å². The van der Waals surface area contributed by atoms with Crippen molar-refractivity contribution in [1.82, 2.24) is 29.5 Å². The Morgan fingerprint density at radius 3 is 2.85 bits per heavy atom. The van der Waals surface area contributed by atoms with Gasteiger partial charge in [-0.25, -0.2) is 19.9 Å². The zero-order valence-corrected chi connectivity index (χ0v) is 16.2. The van der Waals surface area contributed by atoms with Gasteiger partial charge in [0.05, 0.1) is 5.69 Å². The number of fused-ring (bicyclic) bond motifs is 2. The van der Waals surface area contributed by atoms with Crippen LogP contribution in [0.5, 0.6) is 0 Å². The molecule has 0 atom stereocenters. The lowest BCUT2D eigenvalue weighted by atomic mass is 10.1. The number of nitrogens with one attached hydrogen (secondary N) is 1. The summed E-state index contributed by atoms with van der Waals surface area (Å²) < 4.78 is 7.90. The van der Waals surface area contributed by atoms with Crippen LogP contribution in [0.2, 0.25) is 25.7 Å². The highest BCUT2D eigenvalue weighted by Crippen LogP contribution is 2.30. The number of hydrogen-bond acceptors (Lipinski definition) is 5. The first-order valence-electron chi connectivity index (χ1n) is 8.68. The SMILES string of the molecule is C[Si](C)(C)CCOCn1ccc2c(-c3c[nH]c4ncncc34)ncnc21. The van der Waals surface area contributed by atoms with Crippen LogP contribution in [0.4, 0.5) is 0 Å². The molecule has 0 radical (unpaired) electrons. The van der Waals surface area contributed by atoms with Crippen LogP contribution in [0, 0.1) is 0 Å². The summed E-state index contributed by atoms with van der Waals surface area (Å²) in [5.41, 5.74) is 3.52. The molecule has 4 aromatic rings. The molecule has 0 spiro atoms. The lowest BCUT2D eigenvalue weighted by Crippen LogP contribution is -2.22. The van der Waals surface area contributed by atoms with Crippen LogP contribution in [-0.4, -0.2) is 44.2 Å². The summed E-state index contributed by atoms with van der Waals surface area (Å²) in [7, 11) is -1.08. The van der Waals surface area contributed by atoms with Crippen molar-refractivity contribution in [2.45, 2.75) is 32.4 Å². The van der Waals surface area contributed by atoms with E-state index in [0.717, 1.165) is 46.0 Å². The van der Waals surface area contributed by atoms with Gasteiger partial charge in [-0.2, -0.15) is 0 Å². The van der Waals surface area contributed by atoms with E-state index in [0.29, 0.717) is 6.73 Å². The topological polar surface area (TPSA) is 81.5 Å². The van der Waals surface area contributed by atoms with Crippen LogP contribution in [0.25, 0.3) is 33.3 Å².